The highest BCUT2D eigenvalue weighted by molar-refractivity contribution is 9.10. The van der Waals surface area contributed by atoms with Gasteiger partial charge in [-0.1, -0.05) is 22.4 Å². The maximum atomic E-state index is 10.4. The molecule has 106 valence electrons. The van der Waals surface area contributed by atoms with E-state index in [1.807, 2.05) is 26.0 Å². The number of aliphatic hydroxyl groups excluding tert-OH is 1. The van der Waals surface area contributed by atoms with E-state index < -0.39 is 6.10 Å². The molecular formula is C15H21BrO3. The van der Waals surface area contributed by atoms with Crippen LogP contribution in [-0.2, 0) is 0 Å². The minimum absolute atomic E-state index is 0.378. The molecule has 0 amide bonds. The highest BCUT2D eigenvalue weighted by Gasteiger charge is 2.29. The molecule has 3 nitrogen and oxygen atoms in total. The Morgan fingerprint density at radius 2 is 1.79 bits per heavy atom. The van der Waals surface area contributed by atoms with Gasteiger partial charge in [0.25, 0.3) is 0 Å². The summed E-state index contributed by atoms with van der Waals surface area (Å²) in [5, 5.41) is 10.4. The predicted molar refractivity (Wildman–Crippen MR) is 78.8 cm³/mol. The van der Waals surface area contributed by atoms with E-state index in [9.17, 15) is 5.11 Å². The fourth-order valence-electron chi connectivity index (χ4n) is 2.32. The number of halogens is 1. The van der Waals surface area contributed by atoms with E-state index in [-0.39, 0.29) is 0 Å². The minimum atomic E-state index is -0.419. The smallest absolute Gasteiger partial charge is 0.162 e. The Balaban J connectivity index is 2.29. The number of benzene rings is 1. The zero-order chi connectivity index (χ0) is 13.8. The normalized spacial score (nSPS) is 16.8. The van der Waals surface area contributed by atoms with E-state index >= 15 is 0 Å². The molecule has 0 spiro atoms. The van der Waals surface area contributed by atoms with Gasteiger partial charge in [0.15, 0.2) is 11.5 Å². The van der Waals surface area contributed by atoms with Crippen LogP contribution < -0.4 is 9.47 Å². The first-order chi connectivity index (χ1) is 9.17. The monoisotopic (exact) mass is 328 g/mol. The lowest BCUT2D eigenvalue weighted by Gasteiger charge is -2.31. The summed E-state index contributed by atoms with van der Waals surface area (Å²) in [4.78, 5) is 0. The maximum absolute atomic E-state index is 10.4. The zero-order valence-electron chi connectivity index (χ0n) is 11.5. The number of ether oxygens (including phenoxy) is 2. The molecule has 1 saturated carbocycles. The number of hydrogen-bond acceptors (Lipinski definition) is 3. The quantitative estimate of drug-likeness (QED) is 0.855. The molecule has 1 unspecified atom stereocenters. The molecule has 1 N–H and O–H groups in total. The third-order valence-corrected chi connectivity index (χ3v) is 4.26. The first kappa shape index (κ1) is 14.7. The van der Waals surface area contributed by atoms with Gasteiger partial charge in [-0.05, 0) is 50.3 Å². The summed E-state index contributed by atoms with van der Waals surface area (Å²) in [5.74, 6) is 1.81. The summed E-state index contributed by atoms with van der Waals surface area (Å²) in [7, 11) is 0. The van der Waals surface area contributed by atoms with Crippen molar-refractivity contribution in [1.82, 2.24) is 0 Å². The molecule has 1 aromatic rings. The van der Waals surface area contributed by atoms with Gasteiger partial charge in [-0.2, -0.15) is 0 Å². The van der Waals surface area contributed by atoms with Crippen molar-refractivity contribution in [3.05, 3.63) is 22.2 Å². The second-order valence-electron chi connectivity index (χ2n) is 4.82. The molecule has 19 heavy (non-hydrogen) atoms. The summed E-state index contributed by atoms with van der Waals surface area (Å²) >= 11 is 3.53. The predicted octanol–water partition coefficient (Wildman–Crippen LogP) is 4.08. The van der Waals surface area contributed by atoms with Crippen molar-refractivity contribution >= 4 is 15.9 Å². The third kappa shape index (κ3) is 3.23. The van der Waals surface area contributed by atoms with Crippen LogP contribution in [0.25, 0.3) is 0 Å². The highest BCUT2D eigenvalue weighted by Crippen LogP contribution is 2.43. The first-order valence-corrected chi connectivity index (χ1v) is 7.73. The van der Waals surface area contributed by atoms with Crippen molar-refractivity contribution in [2.75, 3.05) is 13.2 Å². The summed E-state index contributed by atoms with van der Waals surface area (Å²) in [6, 6.07) is 3.80. The lowest BCUT2D eigenvalue weighted by Crippen LogP contribution is -2.20. The van der Waals surface area contributed by atoms with Gasteiger partial charge in [0.05, 0.1) is 19.3 Å². The van der Waals surface area contributed by atoms with Gasteiger partial charge < -0.3 is 14.6 Å². The van der Waals surface area contributed by atoms with Gasteiger partial charge in [-0.25, -0.2) is 0 Å². The van der Waals surface area contributed by atoms with Crippen LogP contribution in [0.5, 0.6) is 11.5 Å². The molecule has 4 heteroatoms. The lowest BCUT2D eigenvalue weighted by molar-refractivity contribution is 0.0612. The zero-order valence-corrected chi connectivity index (χ0v) is 13.1. The van der Waals surface area contributed by atoms with Crippen molar-refractivity contribution in [2.45, 2.75) is 39.2 Å². The van der Waals surface area contributed by atoms with Crippen LogP contribution in [0.4, 0.5) is 0 Å². The van der Waals surface area contributed by atoms with Crippen molar-refractivity contribution < 1.29 is 14.6 Å². The molecule has 1 atom stereocenters. The summed E-state index contributed by atoms with van der Waals surface area (Å²) in [5.41, 5.74) is 0.900. The van der Waals surface area contributed by atoms with Crippen LogP contribution >= 0.6 is 15.9 Å². The molecule has 0 bridgehead atoms. The Labute approximate surface area is 123 Å². The van der Waals surface area contributed by atoms with E-state index in [2.05, 4.69) is 15.9 Å². The van der Waals surface area contributed by atoms with Crippen molar-refractivity contribution in [1.29, 1.82) is 0 Å². The molecule has 0 saturated heterocycles. The molecule has 1 aliphatic carbocycles. The second kappa shape index (κ2) is 6.62. The molecule has 0 aromatic heterocycles. The topological polar surface area (TPSA) is 38.7 Å². The van der Waals surface area contributed by atoms with E-state index in [0.717, 1.165) is 28.6 Å². The molecule has 2 rings (SSSR count). The van der Waals surface area contributed by atoms with Crippen LogP contribution in [0.15, 0.2) is 16.6 Å². The SMILES string of the molecule is CCOc1cc(Br)c(C(O)C2CCC2)cc1OCC. The van der Waals surface area contributed by atoms with Gasteiger partial charge in [0.2, 0.25) is 0 Å². The molecule has 0 heterocycles. The van der Waals surface area contributed by atoms with Crippen molar-refractivity contribution in [3.8, 4) is 11.5 Å². The van der Waals surface area contributed by atoms with Gasteiger partial charge in [0.1, 0.15) is 0 Å². The average Bonchev–Trinajstić information content (AvgIpc) is 2.30. The third-order valence-electron chi connectivity index (χ3n) is 3.58. The Morgan fingerprint density at radius 3 is 2.26 bits per heavy atom. The van der Waals surface area contributed by atoms with E-state index in [1.165, 1.54) is 6.42 Å². The van der Waals surface area contributed by atoms with Gasteiger partial charge in [-0.3, -0.25) is 0 Å². The molecule has 0 radical (unpaired) electrons. The van der Waals surface area contributed by atoms with E-state index in [1.54, 1.807) is 0 Å². The first-order valence-electron chi connectivity index (χ1n) is 6.94. The Kier molecular flexibility index (Phi) is 5.11. The standard InChI is InChI=1S/C15H21BrO3/c1-3-18-13-8-11(15(17)10-6-5-7-10)12(16)9-14(13)19-4-2/h8-10,15,17H,3-7H2,1-2H3. The Bertz CT molecular complexity index is 430. The van der Waals surface area contributed by atoms with Crippen LogP contribution in [-0.4, -0.2) is 18.3 Å². The fraction of sp³-hybridized carbons (Fsp3) is 0.600. The second-order valence-corrected chi connectivity index (χ2v) is 5.68. The van der Waals surface area contributed by atoms with Crippen molar-refractivity contribution in [3.63, 3.8) is 0 Å². The average molecular weight is 329 g/mol. The summed E-state index contributed by atoms with van der Waals surface area (Å²) in [6.07, 6.45) is 3.00. The summed E-state index contributed by atoms with van der Waals surface area (Å²) in [6.45, 7) is 5.07. The lowest BCUT2D eigenvalue weighted by atomic mass is 9.79. The van der Waals surface area contributed by atoms with Crippen LogP contribution in [0.3, 0.4) is 0 Å². The number of aliphatic hydroxyl groups is 1. The van der Waals surface area contributed by atoms with Crippen LogP contribution in [0.2, 0.25) is 0 Å². The van der Waals surface area contributed by atoms with E-state index in [4.69, 9.17) is 9.47 Å². The summed E-state index contributed by atoms with van der Waals surface area (Å²) < 4.78 is 12.1. The largest absolute Gasteiger partial charge is 0.490 e. The van der Waals surface area contributed by atoms with Crippen molar-refractivity contribution in [2.24, 2.45) is 5.92 Å². The molecule has 0 aliphatic heterocycles. The molecular weight excluding hydrogens is 308 g/mol. The molecule has 1 aliphatic rings. The van der Waals surface area contributed by atoms with E-state index in [0.29, 0.717) is 24.9 Å². The van der Waals surface area contributed by atoms with Crippen LogP contribution in [0.1, 0.15) is 44.8 Å². The number of hydrogen-bond donors (Lipinski definition) is 1. The Morgan fingerprint density at radius 1 is 1.21 bits per heavy atom. The number of rotatable bonds is 6. The highest BCUT2D eigenvalue weighted by atomic mass is 79.9. The van der Waals surface area contributed by atoms with Gasteiger partial charge in [-0.15, -0.1) is 0 Å². The minimum Gasteiger partial charge on any atom is -0.490 e. The molecule has 1 fully saturated rings. The van der Waals surface area contributed by atoms with Crippen LogP contribution in [0, 0.1) is 5.92 Å². The van der Waals surface area contributed by atoms with Gasteiger partial charge in [0, 0.05) is 4.47 Å². The Hall–Kier alpha value is -0.740. The maximum Gasteiger partial charge on any atom is 0.162 e. The van der Waals surface area contributed by atoms with Gasteiger partial charge >= 0.3 is 0 Å². The fourth-order valence-corrected chi connectivity index (χ4v) is 2.88. The molecule has 1 aromatic carbocycles.